The van der Waals surface area contributed by atoms with Crippen molar-refractivity contribution < 1.29 is 14.3 Å². The van der Waals surface area contributed by atoms with Gasteiger partial charge in [0.2, 0.25) is 5.91 Å². The number of aromatic nitrogens is 2. The summed E-state index contributed by atoms with van der Waals surface area (Å²) in [4.78, 5) is 34.3. The predicted octanol–water partition coefficient (Wildman–Crippen LogP) is 1.43. The van der Waals surface area contributed by atoms with E-state index < -0.39 is 0 Å². The highest BCUT2D eigenvalue weighted by Gasteiger charge is 2.25. The van der Waals surface area contributed by atoms with Crippen molar-refractivity contribution in [1.82, 2.24) is 20.2 Å². The lowest BCUT2D eigenvalue weighted by molar-refractivity contribution is -0.134. The summed E-state index contributed by atoms with van der Waals surface area (Å²) < 4.78 is 10.5. The molecule has 3 rings (SSSR count). The van der Waals surface area contributed by atoms with Gasteiger partial charge in [0.15, 0.2) is 11.5 Å². The van der Waals surface area contributed by atoms with Gasteiger partial charge in [-0.15, -0.1) is 0 Å². The number of rotatable bonds is 6. The minimum Gasteiger partial charge on any atom is -0.493 e. The van der Waals surface area contributed by atoms with E-state index in [9.17, 15) is 9.59 Å². The van der Waals surface area contributed by atoms with Crippen LogP contribution in [0.3, 0.4) is 0 Å². The number of carbonyl (C=O) groups is 1. The maximum atomic E-state index is 12.8. The summed E-state index contributed by atoms with van der Waals surface area (Å²) in [6.07, 6.45) is 2.99. The van der Waals surface area contributed by atoms with Gasteiger partial charge in [-0.1, -0.05) is 6.42 Å². The van der Waals surface area contributed by atoms with Gasteiger partial charge in [-0.3, -0.25) is 9.59 Å². The second-order valence-electron chi connectivity index (χ2n) is 6.59. The molecule has 1 fully saturated rings. The first-order valence-corrected chi connectivity index (χ1v) is 9.24. The van der Waals surface area contributed by atoms with Gasteiger partial charge >= 0.3 is 0 Å². The van der Waals surface area contributed by atoms with Gasteiger partial charge in [-0.2, -0.15) is 0 Å². The molecule has 0 radical (unpaired) electrons. The van der Waals surface area contributed by atoms with E-state index in [2.05, 4.69) is 15.3 Å². The number of fused-ring (bicyclic) bond motifs is 1. The van der Waals surface area contributed by atoms with Crippen molar-refractivity contribution in [3.8, 4) is 11.5 Å². The molecule has 2 heterocycles. The molecule has 0 saturated carbocycles. The zero-order chi connectivity index (χ0) is 19.4. The van der Waals surface area contributed by atoms with Gasteiger partial charge in [0.05, 0.1) is 37.7 Å². The van der Waals surface area contributed by atoms with Gasteiger partial charge in [0.25, 0.3) is 5.56 Å². The number of aromatic amines is 1. The lowest BCUT2D eigenvalue weighted by Crippen LogP contribution is -2.48. The predicted molar refractivity (Wildman–Crippen MR) is 102 cm³/mol. The Labute approximate surface area is 157 Å². The van der Waals surface area contributed by atoms with Crippen LogP contribution in [0.5, 0.6) is 11.5 Å². The summed E-state index contributed by atoms with van der Waals surface area (Å²) in [7, 11) is 3.05. The molecule has 27 heavy (non-hydrogen) atoms. The van der Waals surface area contributed by atoms with Crippen LogP contribution < -0.4 is 20.3 Å². The Morgan fingerprint density at radius 3 is 2.63 bits per heavy atom. The Hall–Kier alpha value is -2.61. The number of piperidine rings is 1. The molecule has 1 aromatic heterocycles. The third-order valence-corrected chi connectivity index (χ3v) is 4.90. The molecule has 8 nitrogen and oxygen atoms in total. The van der Waals surface area contributed by atoms with E-state index in [-0.39, 0.29) is 24.1 Å². The zero-order valence-electron chi connectivity index (χ0n) is 16.0. The Bertz CT molecular complexity index is 874. The summed E-state index contributed by atoms with van der Waals surface area (Å²) in [6.45, 7) is 3.59. The van der Waals surface area contributed by atoms with Gasteiger partial charge in [-0.05, 0) is 32.4 Å². The minimum atomic E-state index is -0.268. The number of ether oxygens (including phenoxy) is 2. The van der Waals surface area contributed by atoms with Crippen molar-refractivity contribution in [2.75, 3.05) is 27.3 Å². The molecule has 1 saturated heterocycles. The fourth-order valence-electron chi connectivity index (χ4n) is 3.40. The van der Waals surface area contributed by atoms with E-state index in [1.54, 1.807) is 17.0 Å². The van der Waals surface area contributed by atoms with Crippen molar-refractivity contribution in [1.29, 1.82) is 0 Å². The zero-order valence-corrected chi connectivity index (χ0v) is 16.0. The first-order chi connectivity index (χ1) is 13.1. The molecule has 1 aliphatic heterocycles. The molecular weight excluding hydrogens is 348 g/mol. The van der Waals surface area contributed by atoms with E-state index in [0.717, 1.165) is 25.8 Å². The van der Waals surface area contributed by atoms with Crippen molar-refractivity contribution in [3.05, 3.63) is 28.3 Å². The summed E-state index contributed by atoms with van der Waals surface area (Å²) in [5.74, 6) is 1.47. The number of methoxy groups -OCH3 is 2. The summed E-state index contributed by atoms with van der Waals surface area (Å²) >= 11 is 0. The van der Waals surface area contributed by atoms with Crippen molar-refractivity contribution in [3.63, 3.8) is 0 Å². The Kier molecular flexibility index (Phi) is 5.95. The van der Waals surface area contributed by atoms with Gasteiger partial charge in [0, 0.05) is 12.6 Å². The molecule has 0 aliphatic carbocycles. The van der Waals surface area contributed by atoms with Gasteiger partial charge < -0.3 is 24.7 Å². The first-order valence-electron chi connectivity index (χ1n) is 9.24. The molecule has 2 aromatic rings. The van der Waals surface area contributed by atoms with Crippen LogP contribution in [-0.4, -0.2) is 54.1 Å². The van der Waals surface area contributed by atoms with E-state index in [0.29, 0.717) is 34.8 Å². The smallest absolute Gasteiger partial charge is 0.258 e. The van der Waals surface area contributed by atoms with E-state index in [1.165, 1.54) is 14.2 Å². The number of benzene rings is 1. The van der Waals surface area contributed by atoms with Gasteiger partial charge in [-0.25, -0.2) is 4.98 Å². The number of hydrogen-bond acceptors (Lipinski definition) is 6. The molecule has 0 unspecified atom stereocenters. The summed E-state index contributed by atoms with van der Waals surface area (Å²) in [6, 6.07) is 3.13. The molecule has 146 valence electrons. The molecule has 8 heteroatoms. The Morgan fingerprint density at radius 1 is 1.26 bits per heavy atom. The fraction of sp³-hybridized carbons (Fsp3) is 0.526. The van der Waals surface area contributed by atoms with Crippen molar-refractivity contribution in [2.24, 2.45) is 0 Å². The van der Waals surface area contributed by atoms with Crippen LogP contribution in [-0.2, 0) is 11.3 Å². The lowest BCUT2D eigenvalue weighted by Gasteiger charge is -2.29. The second-order valence-corrected chi connectivity index (χ2v) is 6.59. The summed E-state index contributed by atoms with van der Waals surface area (Å²) in [5.41, 5.74) is 0.237. The van der Waals surface area contributed by atoms with Crippen molar-refractivity contribution >= 4 is 16.8 Å². The fourth-order valence-corrected chi connectivity index (χ4v) is 3.40. The Balaban J connectivity index is 1.89. The third kappa shape index (κ3) is 4.05. The Morgan fingerprint density at radius 2 is 2.00 bits per heavy atom. The first kappa shape index (κ1) is 19.2. The van der Waals surface area contributed by atoms with Crippen LogP contribution in [0.4, 0.5) is 0 Å². The van der Waals surface area contributed by atoms with E-state index in [4.69, 9.17) is 9.47 Å². The maximum absolute atomic E-state index is 12.8. The van der Waals surface area contributed by atoms with Crippen molar-refractivity contribution in [2.45, 2.75) is 38.8 Å². The lowest BCUT2D eigenvalue weighted by atomic mass is 10.0. The third-order valence-electron chi connectivity index (χ3n) is 4.90. The molecule has 2 N–H and O–H groups in total. The van der Waals surface area contributed by atoms with Crippen LogP contribution in [0.2, 0.25) is 0 Å². The molecule has 1 atom stereocenters. The van der Waals surface area contributed by atoms with Crippen LogP contribution in [0.25, 0.3) is 10.9 Å². The highest BCUT2D eigenvalue weighted by atomic mass is 16.5. The number of carbonyl (C=O) groups excluding carboxylic acids is 1. The number of H-pyrrole nitrogens is 1. The molecule has 1 amide bonds. The number of amides is 1. The number of hydrogen-bond donors (Lipinski definition) is 2. The minimum absolute atomic E-state index is 0.0484. The SMILES string of the molecule is CCN(Cc1nc2cc(OC)c(OC)cc2c(=O)[nH]1)C(=O)[C@H]1CCCCN1. The number of likely N-dealkylation sites (N-methyl/N-ethyl adjacent to an activating group) is 1. The second kappa shape index (κ2) is 8.39. The van der Waals surface area contributed by atoms with Crippen LogP contribution in [0.1, 0.15) is 32.0 Å². The topological polar surface area (TPSA) is 96.6 Å². The standard InChI is InChI=1S/C19H26N4O4/c1-4-23(19(25)13-7-5-6-8-20-13)11-17-21-14-10-16(27-3)15(26-2)9-12(14)18(24)22-17/h9-10,13,20H,4-8,11H2,1-3H3,(H,21,22,24)/t13-/m1/s1. The average Bonchev–Trinajstić information content (AvgIpc) is 2.71. The van der Waals surface area contributed by atoms with Crippen LogP contribution in [0, 0.1) is 0 Å². The number of nitrogens with zero attached hydrogens (tertiary/aromatic N) is 2. The molecule has 0 bridgehead atoms. The van der Waals surface area contributed by atoms with E-state index in [1.807, 2.05) is 6.92 Å². The summed E-state index contributed by atoms with van der Waals surface area (Å²) in [5, 5.41) is 3.69. The molecule has 0 spiro atoms. The average molecular weight is 374 g/mol. The largest absolute Gasteiger partial charge is 0.493 e. The van der Waals surface area contributed by atoms with Crippen LogP contribution in [0.15, 0.2) is 16.9 Å². The number of nitrogens with one attached hydrogen (secondary N) is 2. The molecular formula is C19H26N4O4. The maximum Gasteiger partial charge on any atom is 0.258 e. The molecule has 1 aliphatic rings. The molecule has 1 aromatic carbocycles. The monoisotopic (exact) mass is 374 g/mol. The normalized spacial score (nSPS) is 16.9. The van der Waals surface area contributed by atoms with Crippen LogP contribution >= 0.6 is 0 Å². The highest BCUT2D eigenvalue weighted by molar-refractivity contribution is 5.83. The quantitative estimate of drug-likeness (QED) is 0.794. The highest BCUT2D eigenvalue weighted by Crippen LogP contribution is 2.30. The van der Waals surface area contributed by atoms with Gasteiger partial charge in [0.1, 0.15) is 5.82 Å². The van der Waals surface area contributed by atoms with E-state index >= 15 is 0 Å².